The summed E-state index contributed by atoms with van der Waals surface area (Å²) in [5, 5.41) is 10.6. The van der Waals surface area contributed by atoms with Gasteiger partial charge in [0.1, 0.15) is 13.5 Å². The van der Waals surface area contributed by atoms with Crippen LogP contribution in [0.4, 0.5) is 0 Å². The second kappa shape index (κ2) is 2.53. The molecule has 0 aromatic carbocycles. The van der Waals surface area contributed by atoms with Crippen molar-refractivity contribution < 1.29 is 0 Å². The highest BCUT2D eigenvalue weighted by Crippen LogP contribution is 2.17. The molecule has 0 atom stereocenters. The molecular formula is C9H7BN4O. The number of pyridine rings is 1. The summed E-state index contributed by atoms with van der Waals surface area (Å²) in [6.07, 6.45) is 3.27. The van der Waals surface area contributed by atoms with Gasteiger partial charge in [-0.3, -0.25) is 19.5 Å². The molecule has 3 heterocycles. The molecule has 2 radical (unpaired) electrons. The summed E-state index contributed by atoms with van der Waals surface area (Å²) in [4.78, 5) is 11.7. The van der Waals surface area contributed by atoms with Gasteiger partial charge in [0.05, 0.1) is 17.1 Å². The van der Waals surface area contributed by atoms with E-state index in [1.165, 1.54) is 0 Å². The van der Waals surface area contributed by atoms with Gasteiger partial charge in [-0.2, -0.15) is 5.10 Å². The summed E-state index contributed by atoms with van der Waals surface area (Å²) in [6.45, 7) is 1.76. The second-order valence-corrected chi connectivity index (χ2v) is 3.53. The van der Waals surface area contributed by atoms with Crippen molar-refractivity contribution in [1.82, 2.24) is 19.8 Å². The highest BCUT2D eigenvalue weighted by molar-refractivity contribution is 6.32. The number of H-pyrrole nitrogens is 2. The van der Waals surface area contributed by atoms with E-state index in [9.17, 15) is 4.79 Å². The van der Waals surface area contributed by atoms with Crippen LogP contribution < -0.4 is 10.9 Å². The lowest BCUT2D eigenvalue weighted by Crippen LogP contribution is -2.28. The molecule has 5 nitrogen and oxygen atoms in total. The Bertz CT molecular complexity index is 721. The molecule has 6 heteroatoms. The first-order chi connectivity index (χ1) is 7.18. The van der Waals surface area contributed by atoms with Gasteiger partial charge >= 0.3 is 0 Å². The maximum Gasteiger partial charge on any atom is 0.178 e. The average Bonchev–Trinajstić information content (AvgIpc) is 2.73. The number of aryl methyl sites for hydroxylation is 1. The molecule has 72 valence electrons. The topological polar surface area (TPSA) is 65.9 Å². The van der Waals surface area contributed by atoms with E-state index in [1.807, 2.05) is 0 Å². The van der Waals surface area contributed by atoms with Crippen molar-refractivity contribution >= 4 is 29.9 Å². The lowest BCUT2D eigenvalue weighted by Gasteiger charge is -2.00. The summed E-state index contributed by atoms with van der Waals surface area (Å²) >= 11 is 0. The van der Waals surface area contributed by atoms with Crippen LogP contribution in [0.15, 0.2) is 17.2 Å². The highest BCUT2D eigenvalue weighted by Gasteiger charge is 2.10. The zero-order valence-corrected chi connectivity index (χ0v) is 8.03. The van der Waals surface area contributed by atoms with Crippen LogP contribution in [0.2, 0.25) is 0 Å². The smallest absolute Gasteiger partial charge is 0.178 e. The standard InChI is InChI=1S/C9H7BN4O/c1-4-7-5-2-11-12-9(5)13-14(7)3-6(10)8(4)15/h2-3H,1H3,(H2,11,12,13). The molecule has 0 amide bonds. The minimum atomic E-state index is -0.128. The lowest BCUT2D eigenvalue weighted by molar-refractivity contribution is 0.950. The summed E-state index contributed by atoms with van der Waals surface area (Å²) in [5.74, 6) is 0. The van der Waals surface area contributed by atoms with Crippen molar-refractivity contribution in [3.8, 4) is 0 Å². The van der Waals surface area contributed by atoms with Gasteiger partial charge in [0.15, 0.2) is 5.43 Å². The Labute approximate surface area is 85.5 Å². The van der Waals surface area contributed by atoms with Gasteiger partial charge in [0, 0.05) is 11.8 Å². The zero-order chi connectivity index (χ0) is 10.6. The Hall–Kier alpha value is -1.98. The molecule has 0 spiro atoms. The van der Waals surface area contributed by atoms with Crippen LogP contribution in [0.25, 0.3) is 16.6 Å². The predicted molar refractivity (Wildman–Crippen MR) is 57.8 cm³/mol. The molecule has 3 rings (SSSR count). The van der Waals surface area contributed by atoms with Gasteiger partial charge in [-0.25, -0.2) is 0 Å². The first-order valence-corrected chi connectivity index (χ1v) is 4.51. The number of nitrogens with one attached hydrogen (secondary N) is 2. The maximum absolute atomic E-state index is 11.7. The molecular weight excluding hydrogens is 191 g/mol. The van der Waals surface area contributed by atoms with E-state index in [0.29, 0.717) is 5.56 Å². The van der Waals surface area contributed by atoms with E-state index in [1.54, 1.807) is 23.8 Å². The van der Waals surface area contributed by atoms with Gasteiger partial charge in [-0.05, 0) is 12.4 Å². The average molecular weight is 198 g/mol. The minimum Gasteiger partial charge on any atom is -0.290 e. The van der Waals surface area contributed by atoms with Gasteiger partial charge in [0.2, 0.25) is 0 Å². The third-order valence-corrected chi connectivity index (χ3v) is 2.59. The van der Waals surface area contributed by atoms with E-state index in [2.05, 4.69) is 15.3 Å². The van der Waals surface area contributed by atoms with Crippen molar-refractivity contribution in [3.05, 3.63) is 28.2 Å². The number of aromatic amines is 2. The normalized spacial score (nSPS) is 11.5. The Morgan fingerprint density at radius 3 is 3.13 bits per heavy atom. The molecule has 2 N–H and O–H groups in total. The molecule has 0 saturated heterocycles. The summed E-state index contributed by atoms with van der Waals surface area (Å²) in [5.41, 5.74) is 2.34. The Balaban J connectivity index is 2.69. The van der Waals surface area contributed by atoms with E-state index in [0.717, 1.165) is 16.6 Å². The van der Waals surface area contributed by atoms with Crippen molar-refractivity contribution in [3.63, 3.8) is 0 Å². The largest absolute Gasteiger partial charge is 0.290 e. The molecule has 0 unspecified atom stereocenters. The molecule has 0 aliphatic rings. The Kier molecular flexibility index (Phi) is 1.41. The van der Waals surface area contributed by atoms with Crippen molar-refractivity contribution in [2.24, 2.45) is 0 Å². The fraction of sp³-hybridized carbons (Fsp3) is 0.111. The highest BCUT2D eigenvalue weighted by atomic mass is 16.1. The summed E-state index contributed by atoms with van der Waals surface area (Å²) in [7, 11) is 5.60. The van der Waals surface area contributed by atoms with Gasteiger partial charge < -0.3 is 0 Å². The molecule has 0 aliphatic carbocycles. The van der Waals surface area contributed by atoms with Crippen LogP contribution in [0, 0.1) is 6.92 Å². The van der Waals surface area contributed by atoms with Gasteiger partial charge in [-0.1, -0.05) is 0 Å². The summed E-state index contributed by atoms with van der Waals surface area (Å²) in [6, 6.07) is 0. The number of rotatable bonds is 0. The third kappa shape index (κ3) is 0.931. The predicted octanol–water partition coefficient (Wildman–Crippen LogP) is -0.394. The molecule has 0 saturated carbocycles. The molecule has 0 aliphatic heterocycles. The quantitative estimate of drug-likeness (QED) is 0.483. The fourth-order valence-electron chi connectivity index (χ4n) is 1.86. The number of hydrogen-bond acceptors (Lipinski definition) is 2. The van der Waals surface area contributed by atoms with Gasteiger partial charge in [-0.15, -0.1) is 0 Å². The monoisotopic (exact) mass is 198 g/mol. The van der Waals surface area contributed by atoms with E-state index in [-0.39, 0.29) is 10.9 Å². The second-order valence-electron chi connectivity index (χ2n) is 3.53. The fourth-order valence-corrected chi connectivity index (χ4v) is 1.86. The van der Waals surface area contributed by atoms with Crippen LogP contribution in [0.3, 0.4) is 0 Å². The SMILES string of the molecule is [B]c1cn2[nH]c3[nH]ncc3c2c(C)c1=O. The number of aromatic nitrogens is 4. The van der Waals surface area contributed by atoms with Gasteiger partial charge in [0.25, 0.3) is 0 Å². The van der Waals surface area contributed by atoms with Crippen molar-refractivity contribution in [2.75, 3.05) is 0 Å². The molecule has 15 heavy (non-hydrogen) atoms. The van der Waals surface area contributed by atoms with Crippen LogP contribution >= 0.6 is 0 Å². The van der Waals surface area contributed by atoms with E-state index >= 15 is 0 Å². The van der Waals surface area contributed by atoms with Crippen molar-refractivity contribution in [2.45, 2.75) is 6.92 Å². The zero-order valence-electron chi connectivity index (χ0n) is 8.03. The lowest BCUT2D eigenvalue weighted by atomic mass is 9.96. The first kappa shape index (κ1) is 8.34. The Morgan fingerprint density at radius 1 is 1.53 bits per heavy atom. The van der Waals surface area contributed by atoms with Crippen molar-refractivity contribution in [1.29, 1.82) is 0 Å². The van der Waals surface area contributed by atoms with Crippen LogP contribution in [0.1, 0.15) is 5.56 Å². The van der Waals surface area contributed by atoms with E-state index in [4.69, 9.17) is 7.85 Å². The molecule has 3 aromatic heterocycles. The number of hydrogen-bond donors (Lipinski definition) is 2. The third-order valence-electron chi connectivity index (χ3n) is 2.59. The van der Waals surface area contributed by atoms with E-state index < -0.39 is 0 Å². The minimum absolute atomic E-state index is 0.128. The molecule has 0 bridgehead atoms. The number of fused-ring (bicyclic) bond motifs is 3. The van der Waals surface area contributed by atoms with Crippen LogP contribution in [-0.4, -0.2) is 27.7 Å². The maximum atomic E-state index is 11.7. The first-order valence-electron chi connectivity index (χ1n) is 4.51. The molecule has 3 aromatic rings. The summed E-state index contributed by atoms with van der Waals surface area (Å²) < 4.78 is 1.73. The number of nitrogens with zero attached hydrogens (tertiary/aromatic N) is 2. The van der Waals surface area contributed by atoms with Crippen LogP contribution in [0.5, 0.6) is 0 Å². The van der Waals surface area contributed by atoms with Crippen LogP contribution in [-0.2, 0) is 0 Å². The molecule has 0 fully saturated rings. The Morgan fingerprint density at radius 2 is 2.33 bits per heavy atom.